The van der Waals surface area contributed by atoms with Crippen LogP contribution in [0.15, 0.2) is 18.2 Å². The molecular weight excluding hydrogens is 234 g/mol. The lowest BCUT2D eigenvalue weighted by Gasteiger charge is -2.16. The minimum atomic E-state index is -0.525. The summed E-state index contributed by atoms with van der Waals surface area (Å²) in [6.07, 6.45) is 0.741. The van der Waals surface area contributed by atoms with Crippen molar-refractivity contribution in [2.24, 2.45) is 5.73 Å². The summed E-state index contributed by atoms with van der Waals surface area (Å²) in [4.78, 5) is 24.2. The van der Waals surface area contributed by atoms with Crippen molar-refractivity contribution in [1.29, 1.82) is 0 Å². The topological polar surface area (TPSA) is 89.5 Å². The molecule has 2 rings (SSSR count). The molecule has 96 valence electrons. The molecular formula is C12H15N3O3. The number of hydrogen-bond donors (Lipinski definition) is 1. The number of benzene rings is 1. The van der Waals surface area contributed by atoms with E-state index >= 15 is 0 Å². The van der Waals surface area contributed by atoms with Gasteiger partial charge in [0.1, 0.15) is 5.56 Å². The SMILES string of the molecule is Cc1ccc([N+](=O)[O-])c(C(=O)N2CC[C@@H](N)C2)c1. The second kappa shape index (κ2) is 4.73. The van der Waals surface area contributed by atoms with Crippen molar-refractivity contribution in [2.75, 3.05) is 13.1 Å². The molecule has 0 radical (unpaired) electrons. The Morgan fingerprint density at radius 3 is 2.83 bits per heavy atom. The molecule has 0 spiro atoms. The van der Waals surface area contributed by atoms with Crippen LogP contribution in [-0.2, 0) is 0 Å². The van der Waals surface area contributed by atoms with E-state index in [9.17, 15) is 14.9 Å². The molecule has 1 saturated heterocycles. The van der Waals surface area contributed by atoms with Gasteiger partial charge in [0.15, 0.2) is 0 Å². The fraction of sp³-hybridized carbons (Fsp3) is 0.417. The van der Waals surface area contributed by atoms with Crippen molar-refractivity contribution in [1.82, 2.24) is 4.90 Å². The van der Waals surface area contributed by atoms with Crippen LogP contribution in [0.2, 0.25) is 0 Å². The predicted molar refractivity (Wildman–Crippen MR) is 66.3 cm³/mol. The summed E-state index contributed by atoms with van der Waals surface area (Å²) in [5.41, 5.74) is 6.57. The number of nitrogens with two attached hydrogens (primary N) is 1. The first-order chi connectivity index (χ1) is 8.49. The van der Waals surface area contributed by atoms with Gasteiger partial charge >= 0.3 is 0 Å². The van der Waals surface area contributed by atoms with Gasteiger partial charge < -0.3 is 10.6 Å². The van der Waals surface area contributed by atoms with Gasteiger partial charge in [-0.2, -0.15) is 0 Å². The molecule has 1 fully saturated rings. The molecule has 0 bridgehead atoms. The van der Waals surface area contributed by atoms with E-state index in [1.54, 1.807) is 24.0 Å². The predicted octanol–water partition coefficient (Wildman–Crippen LogP) is 1.08. The van der Waals surface area contributed by atoms with Crippen molar-refractivity contribution in [3.05, 3.63) is 39.4 Å². The number of aryl methyl sites for hydroxylation is 1. The molecule has 1 aliphatic heterocycles. The fourth-order valence-electron chi connectivity index (χ4n) is 2.12. The molecule has 0 aromatic heterocycles. The third kappa shape index (κ3) is 2.33. The molecule has 0 unspecified atom stereocenters. The molecule has 0 saturated carbocycles. The van der Waals surface area contributed by atoms with E-state index in [0.717, 1.165) is 12.0 Å². The summed E-state index contributed by atoms with van der Waals surface area (Å²) in [7, 11) is 0. The number of nitrogens with zero attached hydrogens (tertiary/aromatic N) is 2. The molecule has 1 amide bonds. The van der Waals surface area contributed by atoms with Crippen LogP contribution < -0.4 is 5.73 Å². The lowest BCUT2D eigenvalue weighted by molar-refractivity contribution is -0.385. The first kappa shape index (κ1) is 12.5. The van der Waals surface area contributed by atoms with Crippen LogP contribution in [0.5, 0.6) is 0 Å². The van der Waals surface area contributed by atoms with Crippen LogP contribution in [0.25, 0.3) is 0 Å². The summed E-state index contributed by atoms with van der Waals surface area (Å²) in [5, 5.41) is 10.9. The Morgan fingerprint density at radius 2 is 2.28 bits per heavy atom. The van der Waals surface area contributed by atoms with Crippen molar-refractivity contribution in [3.8, 4) is 0 Å². The smallest absolute Gasteiger partial charge is 0.282 e. The Balaban J connectivity index is 2.34. The third-order valence-electron chi connectivity index (χ3n) is 3.09. The second-order valence-corrected chi connectivity index (χ2v) is 4.58. The first-order valence-electron chi connectivity index (χ1n) is 5.79. The van der Waals surface area contributed by atoms with E-state index in [2.05, 4.69) is 0 Å². The Bertz CT molecular complexity index is 501. The Hall–Kier alpha value is -1.95. The number of nitro benzene ring substituents is 1. The molecule has 1 heterocycles. The van der Waals surface area contributed by atoms with Gasteiger partial charge in [-0.1, -0.05) is 6.07 Å². The molecule has 0 aliphatic carbocycles. The highest BCUT2D eigenvalue weighted by Crippen LogP contribution is 2.23. The van der Waals surface area contributed by atoms with Crippen molar-refractivity contribution >= 4 is 11.6 Å². The maximum absolute atomic E-state index is 12.2. The van der Waals surface area contributed by atoms with E-state index in [0.29, 0.717) is 13.1 Å². The lowest BCUT2D eigenvalue weighted by Crippen LogP contribution is -2.32. The van der Waals surface area contributed by atoms with Crippen LogP contribution in [-0.4, -0.2) is 34.9 Å². The normalized spacial score (nSPS) is 19.0. The maximum Gasteiger partial charge on any atom is 0.282 e. The van der Waals surface area contributed by atoms with E-state index in [-0.39, 0.29) is 23.2 Å². The lowest BCUT2D eigenvalue weighted by atomic mass is 10.1. The highest BCUT2D eigenvalue weighted by molar-refractivity contribution is 5.98. The van der Waals surface area contributed by atoms with Gasteiger partial charge in [-0.05, 0) is 25.0 Å². The number of amides is 1. The average molecular weight is 249 g/mol. The summed E-state index contributed by atoms with van der Waals surface area (Å²) in [5.74, 6) is -0.307. The molecule has 1 atom stereocenters. The van der Waals surface area contributed by atoms with Crippen LogP contribution in [0.4, 0.5) is 5.69 Å². The first-order valence-corrected chi connectivity index (χ1v) is 5.79. The van der Waals surface area contributed by atoms with Gasteiger partial charge in [0.25, 0.3) is 11.6 Å². The van der Waals surface area contributed by atoms with Gasteiger partial charge in [-0.25, -0.2) is 0 Å². The van der Waals surface area contributed by atoms with E-state index < -0.39 is 4.92 Å². The fourth-order valence-corrected chi connectivity index (χ4v) is 2.12. The minimum absolute atomic E-state index is 0.0298. The summed E-state index contributed by atoms with van der Waals surface area (Å²) in [6.45, 7) is 2.82. The standard InChI is InChI=1S/C12H15N3O3/c1-8-2-3-11(15(17)18)10(6-8)12(16)14-5-4-9(13)7-14/h2-3,6,9H,4-5,7,13H2,1H3/t9-/m1/s1. The Kier molecular flexibility index (Phi) is 3.29. The summed E-state index contributed by atoms with van der Waals surface area (Å²) >= 11 is 0. The summed E-state index contributed by atoms with van der Waals surface area (Å²) < 4.78 is 0. The Labute approximate surface area is 105 Å². The largest absolute Gasteiger partial charge is 0.337 e. The second-order valence-electron chi connectivity index (χ2n) is 4.58. The number of rotatable bonds is 2. The van der Waals surface area contributed by atoms with Crippen LogP contribution in [0.1, 0.15) is 22.3 Å². The molecule has 1 aliphatic rings. The number of nitro groups is 1. The van der Waals surface area contributed by atoms with Gasteiger partial charge in [0, 0.05) is 25.2 Å². The third-order valence-corrected chi connectivity index (χ3v) is 3.09. The van der Waals surface area contributed by atoms with E-state index in [4.69, 9.17) is 5.73 Å². The highest BCUT2D eigenvalue weighted by atomic mass is 16.6. The highest BCUT2D eigenvalue weighted by Gasteiger charge is 2.29. The van der Waals surface area contributed by atoms with Crippen LogP contribution in [0, 0.1) is 17.0 Å². The summed E-state index contributed by atoms with van der Waals surface area (Å²) in [6, 6.07) is 4.53. The zero-order valence-electron chi connectivity index (χ0n) is 10.1. The van der Waals surface area contributed by atoms with Gasteiger partial charge in [0.05, 0.1) is 4.92 Å². The number of hydrogen-bond acceptors (Lipinski definition) is 4. The molecule has 1 aromatic carbocycles. The van der Waals surface area contributed by atoms with Gasteiger partial charge in [-0.15, -0.1) is 0 Å². The van der Waals surface area contributed by atoms with Crippen LogP contribution in [0.3, 0.4) is 0 Å². The molecule has 6 heteroatoms. The van der Waals surface area contributed by atoms with Crippen molar-refractivity contribution in [2.45, 2.75) is 19.4 Å². The van der Waals surface area contributed by atoms with Gasteiger partial charge in [-0.3, -0.25) is 14.9 Å². The zero-order chi connectivity index (χ0) is 13.3. The van der Waals surface area contributed by atoms with Crippen LogP contribution >= 0.6 is 0 Å². The number of carbonyl (C=O) groups is 1. The quantitative estimate of drug-likeness (QED) is 0.627. The Morgan fingerprint density at radius 1 is 1.56 bits per heavy atom. The number of likely N-dealkylation sites (tertiary alicyclic amines) is 1. The molecule has 1 aromatic rings. The molecule has 18 heavy (non-hydrogen) atoms. The van der Waals surface area contributed by atoms with E-state index in [1.807, 2.05) is 0 Å². The average Bonchev–Trinajstić information content (AvgIpc) is 2.74. The monoisotopic (exact) mass is 249 g/mol. The van der Waals surface area contributed by atoms with E-state index in [1.165, 1.54) is 6.07 Å². The van der Waals surface area contributed by atoms with Crippen molar-refractivity contribution < 1.29 is 9.72 Å². The van der Waals surface area contributed by atoms with Gasteiger partial charge in [0.2, 0.25) is 0 Å². The molecule has 6 nitrogen and oxygen atoms in total. The maximum atomic E-state index is 12.2. The molecule has 2 N–H and O–H groups in total. The minimum Gasteiger partial charge on any atom is -0.337 e. The van der Waals surface area contributed by atoms with Crippen molar-refractivity contribution in [3.63, 3.8) is 0 Å². The zero-order valence-corrected chi connectivity index (χ0v) is 10.1. The number of carbonyl (C=O) groups excluding carboxylic acids is 1.